The van der Waals surface area contributed by atoms with E-state index in [1.807, 2.05) is 0 Å². The van der Waals surface area contributed by atoms with E-state index >= 15 is 0 Å². The molecule has 4 heteroatoms. The molecule has 2 rings (SSSR count). The van der Waals surface area contributed by atoms with Crippen molar-refractivity contribution in [2.45, 2.75) is 78.8 Å². The van der Waals surface area contributed by atoms with Gasteiger partial charge in [-0.15, -0.1) is 0 Å². The van der Waals surface area contributed by atoms with Gasteiger partial charge in [0.1, 0.15) is 5.66 Å². The first-order valence-corrected chi connectivity index (χ1v) is 12.6. The fourth-order valence-electron chi connectivity index (χ4n) is 4.68. The van der Waals surface area contributed by atoms with Gasteiger partial charge in [0.05, 0.1) is 18.5 Å². The van der Waals surface area contributed by atoms with E-state index in [2.05, 4.69) is 52.1 Å². The quantitative estimate of drug-likeness (QED) is 0.504. The van der Waals surface area contributed by atoms with Crippen LogP contribution in [0.5, 0.6) is 0 Å². The minimum Gasteiger partial charge on any atom is -0.322 e. The normalized spacial score (nSPS) is 17.7. The Labute approximate surface area is 186 Å². The molecule has 143 valence electrons. The zero-order valence-electron chi connectivity index (χ0n) is 17.5. The van der Waals surface area contributed by atoms with Crippen LogP contribution in [0.4, 0.5) is 5.69 Å². The molecular formula is C22H37NOPY+. The van der Waals surface area contributed by atoms with Gasteiger partial charge in [-0.05, 0) is 70.9 Å². The average Bonchev–Trinajstić information content (AvgIpc) is 2.82. The Morgan fingerprint density at radius 2 is 1.58 bits per heavy atom. The van der Waals surface area contributed by atoms with E-state index in [0.717, 1.165) is 18.5 Å². The molecule has 1 N–H and O–H groups in total. The Bertz CT molecular complexity index is 571. The minimum absolute atomic E-state index is 0. The second kappa shape index (κ2) is 11.3. The van der Waals surface area contributed by atoms with E-state index in [4.69, 9.17) is 0 Å². The van der Waals surface area contributed by atoms with Crippen molar-refractivity contribution < 1.29 is 37.5 Å². The predicted molar refractivity (Wildman–Crippen MR) is 114 cm³/mol. The standard InChI is InChI=1S/C22H36NOP.Y/c1-6-12-20(25(7-2)13-10-8-9-11-14-25)22(24)23-21-18(4)15-17(3)16-19(21)5;/h15-16,20H,6-14H2,1-5H3;/p+1. The topological polar surface area (TPSA) is 29.1 Å². The number of carbonyl (C=O) groups is 1. The van der Waals surface area contributed by atoms with Crippen LogP contribution in [0.25, 0.3) is 0 Å². The Morgan fingerprint density at radius 1 is 1.04 bits per heavy atom. The molecular weight excluding hydrogens is 414 g/mol. The first-order valence-electron chi connectivity index (χ1n) is 10.2. The number of hydrogen-bond donors (Lipinski definition) is 1. The summed E-state index contributed by atoms with van der Waals surface area (Å²) in [4.78, 5) is 13.4. The van der Waals surface area contributed by atoms with Crippen LogP contribution in [0.1, 0.15) is 69.1 Å². The molecule has 1 unspecified atom stereocenters. The molecule has 0 bridgehead atoms. The molecule has 0 spiro atoms. The van der Waals surface area contributed by atoms with E-state index < -0.39 is 7.26 Å². The van der Waals surface area contributed by atoms with Gasteiger partial charge in [-0.2, -0.15) is 0 Å². The predicted octanol–water partition coefficient (Wildman–Crippen LogP) is 6.33. The number of anilines is 1. The molecule has 1 radical (unpaired) electrons. The maximum Gasteiger partial charge on any atom is 0.265 e. The van der Waals surface area contributed by atoms with Crippen molar-refractivity contribution in [1.29, 1.82) is 0 Å². The molecule has 1 aromatic rings. The van der Waals surface area contributed by atoms with Crippen LogP contribution in [0.15, 0.2) is 12.1 Å². The molecule has 1 aliphatic heterocycles. The minimum atomic E-state index is -1.19. The van der Waals surface area contributed by atoms with E-state index in [-0.39, 0.29) is 38.4 Å². The second-order valence-corrected chi connectivity index (χ2v) is 12.6. The molecule has 26 heavy (non-hydrogen) atoms. The molecule has 0 aromatic heterocycles. The average molecular weight is 451 g/mol. The van der Waals surface area contributed by atoms with E-state index in [1.54, 1.807) is 0 Å². The number of amides is 1. The maximum atomic E-state index is 13.4. The maximum absolute atomic E-state index is 13.4. The third-order valence-corrected chi connectivity index (χ3v) is 11.5. The summed E-state index contributed by atoms with van der Waals surface area (Å²) in [6.45, 7) is 10.9. The third-order valence-electron chi connectivity index (χ3n) is 6.04. The number of carbonyl (C=O) groups excluding carboxylic acids is 1. The summed E-state index contributed by atoms with van der Waals surface area (Å²) < 4.78 is 0. The molecule has 2 nitrogen and oxygen atoms in total. The van der Waals surface area contributed by atoms with Crippen molar-refractivity contribution in [3.05, 3.63) is 28.8 Å². The van der Waals surface area contributed by atoms with Crippen LogP contribution in [-0.2, 0) is 37.5 Å². The van der Waals surface area contributed by atoms with Crippen LogP contribution in [-0.4, -0.2) is 30.1 Å². The molecule has 1 aliphatic rings. The van der Waals surface area contributed by atoms with Gasteiger partial charge in [0.15, 0.2) is 0 Å². The number of hydrogen-bond acceptors (Lipinski definition) is 1. The van der Waals surface area contributed by atoms with Crippen LogP contribution in [0, 0.1) is 20.8 Å². The summed E-state index contributed by atoms with van der Waals surface area (Å²) in [5.41, 5.74) is 4.93. The smallest absolute Gasteiger partial charge is 0.265 e. The fraction of sp³-hybridized carbons (Fsp3) is 0.682. The first kappa shape index (κ1) is 24.3. The Balaban J connectivity index is 0.00000338. The molecule has 1 aromatic carbocycles. The summed E-state index contributed by atoms with van der Waals surface area (Å²) in [5, 5.41) is 3.36. The summed E-state index contributed by atoms with van der Waals surface area (Å²) in [5.74, 6) is 0.300. The summed E-state index contributed by atoms with van der Waals surface area (Å²) in [7, 11) is -1.19. The zero-order valence-corrected chi connectivity index (χ0v) is 21.3. The van der Waals surface area contributed by atoms with Crippen LogP contribution < -0.4 is 5.32 Å². The van der Waals surface area contributed by atoms with Crippen LogP contribution in [0.2, 0.25) is 0 Å². The fourth-order valence-corrected chi connectivity index (χ4v) is 9.67. The molecule has 1 atom stereocenters. The molecule has 0 saturated carbocycles. The largest absolute Gasteiger partial charge is 0.322 e. The van der Waals surface area contributed by atoms with Crippen molar-refractivity contribution in [1.82, 2.24) is 0 Å². The Morgan fingerprint density at radius 3 is 2.04 bits per heavy atom. The monoisotopic (exact) mass is 451 g/mol. The molecule has 0 aliphatic carbocycles. The first-order chi connectivity index (χ1) is 11.9. The number of nitrogens with one attached hydrogen (secondary N) is 1. The van der Waals surface area contributed by atoms with Crippen LogP contribution >= 0.6 is 7.26 Å². The van der Waals surface area contributed by atoms with Gasteiger partial charge < -0.3 is 5.32 Å². The van der Waals surface area contributed by atoms with Crippen molar-refractivity contribution in [3.8, 4) is 0 Å². The van der Waals surface area contributed by atoms with Gasteiger partial charge in [0.2, 0.25) is 0 Å². The van der Waals surface area contributed by atoms with Gasteiger partial charge in [-0.1, -0.05) is 31.0 Å². The molecule has 1 heterocycles. The third kappa shape index (κ3) is 5.86. The molecule has 1 saturated heterocycles. The number of benzene rings is 1. The second-order valence-electron chi connectivity index (χ2n) is 7.96. The van der Waals surface area contributed by atoms with Crippen molar-refractivity contribution in [2.75, 3.05) is 23.8 Å². The van der Waals surface area contributed by atoms with Gasteiger partial charge >= 0.3 is 0 Å². The Kier molecular flexibility index (Phi) is 10.5. The van der Waals surface area contributed by atoms with Crippen molar-refractivity contribution >= 4 is 18.9 Å². The number of aryl methyl sites for hydroxylation is 3. The van der Waals surface area contributed by atoms with E-state index in [1.165, 1.54) is 60.9 Å². The van der Waals surface area contributed by atoms with E-state index in [0.29, 0.717) is 5.91 Å². The van der Waals surface area contributed by atoms with Crippen molar-refractivity contribution in [3.63, 3.8) is 0 Å². The Hall–Kier alpha value is 0.224. The SMILES string of the molecule is CCCC(C(=O)Nc1c(C)cc(C)cc1C)[P+]1(CC)CCCCCC1.[Y]. The number of rotatable bonds is 6. The van der Waals surface area contributed by atoms with E-state index in [9.17, 15) is 4.79 Å². The van der Waals surface area contributed by atoms with Gasteiger partial charge in [0, 0.05) is 45.7 Å². The van der Waals surface area contributed by atoms with Gasteiger partial charge in [-0.3, -0.25) is 4.79 Å². The van der Waals surface area contributed by atoms with Gasteiger partial charge in [0.25, 0.3) is 5.91 Å². The van der Waals surface area contributed by atoms with Crippen LogP contribution in [0.3, 0.4) is 0 Å². The molecule has 1 amide bonds. The van der Waals surface area contributed by atoms with Gasteiger partial charge in [-0.25, -0.2) is 0 Å². The molecule has 1 fully saturated rings. The summed E-state index contributed by atoms with van der Waals surface area (Å²) in [6, 6.07) is 4.35. The summed E-state index contributed by atoms with van der Waals surface area (Å²) >= 11 is 0. The van der Waals surface area contributed by atoms with Crippen molar-refractivity contribution in [2.24, 2.45) is 0 Å². The summed E-state index contributed by atoms with van der Waals surface area (Å²) in [6.07, 6.45) is 11.4. The zero-order chi connectivity index (χ0) is 18.4.